The van der Waals surface area contributed by atoms with E-state index in [0.717, 1.165) is 24.6 Å². The lowest BCUT2D eigenvalue weighted by Crippen LogP contribution is -2.29. The molecule has 1 aliphatic carbocycles. The third-order valence-corrected chi connectivity index (χ3v) is 3.36. The molecule has 0 radical (unpaired) electrons. The van der Waals surface area contributed by atoms with Gasteiger partial charge >= 0.3 is 0 Å². The van der Waals surface area contributed by atoms with Gasteiger partial charge in [0.2, 0.25) is 0 Å². The van der Waals surface area contributed by atoms with Gasteiger partial charge in [-0.15, -0.1) is 0 Å². The summed E-state index contributed by atoms with van der Waals surface area (Å²) in [6, 6.07) is 10.6. The van der Waals surface area contributed by atoms with Crippen molar-refractivity contribution in [2.45, 2.75) is 24.8 Å². The van der Waals surface area contributed by atoms with Gasteiger partial charge in [-0.05, 0) is 44.0 Å². The van der Waals surface area contributed by atoms with Crippen LogP contribution in [-0.4, -0.2) is 32.1 Å². The monoisotopic (exact) mass is 243 g/mol. The second-order valence-electron chi connectivity index (χ2n) is 5.26. The van der Waals surface area contributed by atoms with Gasteiger partial charge in [0.25, 0.3) is 0 Å². The maximum Gasteiger partial charge on any atom is 0.121 e. The van der Waals surface area contributed by atoms with E-state index in [1.807, 2.05) is 14.1 Å². The van der Waals surface area contributed by atoms with Gasteiger partial charge < -0.3 is 4.90 Å². The second-order valence-corrected chi connectivity index (χ2v) is 5.26. The summed E-state index contributed by atoms with van der Waals surface area (Å²) in [6.45, 7) is 1.77. The highest BCUT2D eigenvalue weighted by Crippen LogP contribution is 2.40. The first-order chi connectivity index (χ1) is 8.70. The standard InChI is InChI=1S/C15H21N3/c1-18(2)10-9-17-15(11-16)14-7-5-13(6-8-14)12-3-4-12/h5-8,12,15,17H,3-4,9-10H2,1-2H3. The summed E-state index contributed by atoms with van der Waals surface area (Å²) in [5.74, 6) is 0.779. The summed E-state index contributed by atoms with van der Waals surface area (Å²) in [4.78, 5) is 2.11. The average Bonchev–Trinajstić information content (AvgIpc) is 3.19. The Labute approximate surface area is 109 Å². The van der Waals surface area contributed by atoms with E-state index >= 15 is 0 Å². The fourth-order valence-electron chi connectivity index (χ4n) is 2.05. The SMILES string of the molecule is CN(C)CCNC(C#N)c1ccc(C2CC2)cc1. The lowest BCUT2D eigenvalue weighted by Gasteiger charge is -2.15. The molecule has 3 nitrogen and oxygen atoms in total. The highest BCUT2D eigenvalue weighted by atomic mass is 15.1. The van der Waals surface area contributed by atoms with E-state index < -0.39 is 0 Å². The van der Waals surface area contributed by atoms with Crippen LogP contribution in [0.5, 0.6) is 0 Å². The molecular formula is C15H21N3. The van der Waals surface area contributed by atoms with Crippen LogP contribution in [0.2, 0.25) is 0 Å². The van der Waals surface area contributed by atoms with Crippen molar-refractivity contribution in [2.24, 2.45) is 0 Å². The van der Waals surface area contributed by atoms with Crippen molar-refractivity contribution >= 4 is 0 Å². The minimum atomic E-state index is -0.196. The lowest BCUT2D eigenvalue weighted by atomic mass is 10.0. The molecule has 3 heteroatoms. The predicted octanol–water partition coefficient (Wildman–Crippen LogP) is 2.28. The zero-order chi connectivity index (χ0) is 13.0. The molecule has 0 amide bonds. The molecular weight excluding hydrogens is 222 g/mol. The first kappa shape index (κ1) is 13.1. The van der Waals surface area contributed by atoms with E-state index in [-0.39, 0.29) is 6.04 Å². The van der Waals surface area contributed by atoms with Gasteiger partial charge in [-0.1, -0.05) is 24.3 Å². The molecule has 0 bridgehead atoms. The van der Waals surface area contributed by atoms with E-state index in [0.29, 0.717) is 0 Å². The van der Waals surface area contributed by atoms with Crippen LogP contribution in [0.3, 0.4) is 0 Å². The molecule has 0 heterocycles. The minimum absolute atomic E-state index is 0.196. The number of rotatable bonds is 6. The van der Waals surface area contributed by atoms with E-state index in [9.17, 15) is 5.26 Å². The van der Waals surface area contributed by atoms with Gasteiger partial charge in [0.1, 0.15) is 6.04 Å². The van der Waals surface area contributed by atoms with Crippen LogP contribution >= 0.6 is 0 Å². The Morgan fingerprint density at radius 1 is 1.33 bits per heavy atom. The van der Waals surface area contributed by atoms with Gasteiger partial charge in [0.05, 0.1) is 6.07 Å². The minimum Gasteiger partial charge on any atom is -0.308 e. The molecule has 1 saturated carbocycles. The molecule has 1 aromatic carbocycles. The van der Waals surface area contributed by atoms with E-state index in [2.05, 4.69) is 40.6 Å². The van der Waals surface area contributed by atoms with Crippen LogP contribution in [0.25, 0.3) is 0 Å². The normalized spacial score (nSPS) is 16.6. The summed E-state index contributed by atoms with van der Waals surface area (Å²) in [5.41, 5.74) is 2.49. The number of hydrogen-bond acceptors (Lipinski definition) is 3. The number of nitrogens with one attached hydrogen (secondary N) is 1. The molecule has 1 N–H and O–H groups in total. The van der Waals surface area contributed by atoms with Crippen LogP contribution in [0.15, 0.2) is 24.3 Å². The summed E-state index contributed by atoms with van der Waals surface area (Å²) in [7, 11) is 4.07. The van der Waals surface area contributed by atoms with Gasteiger partial charge in [-0.25, -0.2) is 0 Å². The highest BCUT2D eigenvalue weighted by Gasteiger charge is 2.23. The van der Waals surface area contributed by atoms with Crippen LogP contribution in [-0.2, 0) is 0 Å². The van der Waals surface area contributed by atoms with Crippen LogP contribution in [0, 0.1) is 11.3 Å². The molecule has 96 valence electrons. The van der Waals surface area contributed by atoms with Gasteiger partial charge in [-0.3, -0.25) is 5.32 Å². The van der Waals surface area contributed by atoms with Gasteiger partial charge in [0.15, 0.2) is 0 Å². The largest absolute Gasteiger partial charge is 0.308 e. The van der Waals surface area contributed by atoms with E-state index in [1.165, 1.54) is 18.4 Å². The summed E-state index contributed by atoms with van der Waals surface area (Å²) in [5, 5.41) is 12.5. The molecule has 1 aromatic rings. The Bertz CT molecular complexity index is 412. The van der Waals surface area contributed by atoms with Crippen molar-refractivity contribution in [3.05, 3.63) is 35.4 Å². The Balaban J connectivity index is 1.92. The Hall–Kier alpha value is -1.37. The molecule has 1 aliphatic rings. The quantitative estimate of drug-likeness (QED) is 0.833. The van der Waals surface area contributed by atoms with Crippen molar-refractivity contribution in [2.75, 3.05) is 27.2 Å². The third kappa shape index (κ3) is 3.56. The molecule has 0 aliphatic heterocycles. The zero-order valence-electron chi connectivity index (χ0n) is 11.2. The highest BCUT2D eigenvalue weighted by molar-refractivity contribution is 5.31. The smallest absolute Gasteiger partial charge is 0.121 e. The molecule has 0 aromatic heterocycles. The van der Waals surface area contributed by atoms with E-state index in [1.54, 1.807) is 0 Å². The van der Waals surface area contributed by atoms with Crippen molar-refractivity contribution in [1.29, 1.82) is 5.26 Å². The molecule has 1 atom stereocenters. The van der Waals surface area contributed by atoms with Crippen molar-refractivity contribution < 1.29 is 0 Å². The summed E-state index contributed by atoms with van der Waals surface area (Å²) in [6.07, 6.45) is 2.64. The molecule has 0 saturated heterocycles. The van der Waals surface area contributed by atoms with Crippen molar-refractivity contribution in [1.82, 2.24) is 10.2 Å². The predicted molar refractivity (Wildman–Crippen MR) is 73.3 cm³/mol. The fraction of sp³-hybridized carbons (Fsp3) is 0.533. The maximum atomic E-state index is 9.21. The molecule has 1 unspecified atom stereocenters. The number of benzene rings is 1. The number of likely N-dealkylation sites (N-methyl/N-ethyl adjacent to an activating group) is 1. The first-order valence-corrected chi connectivity index (χ1v) is 6.58. The van der Waals surface area contributed by atoms with Crippen molar-refractivity contribution in [3.63, 3.8) is 0 Å². The fourth-order valence-corrected chi connectivity index (χ4v) is 2.05. The molecule has 2 rings (SSSR count). The van der Waals surface area contributed by atoms with Gasteiger partial charge in [-0.2, -0.15) is 5.26 Å². The average molecular weight is 243 g/mol. The van der Waals surface area contributed by atoms with Crippen LogP contribution in [0.1, 0.15) is 35.9 Å². The lowest BCUT2D eigenvalue weighted by molar-refractivity contribution is 0.395. The molecule has 1 fully saturated rings. The first-order valence-electron chi connectivity index (χ1n) is 6.58. The Morgan fingerprint density at radius 2 is 2.00 bits per heavy atom. The molecule has 0 spiro atoms. The topological polar surface area (TPSA) is 39.1 Å². The second kappa shape index (κ2) is 5.99. The van der Waals surface area contributed by atoms with Crippen LogP contribution in [0.4, 0.5) is 0 Å². The maximum absolute atomic E-state index is 9.21. The van der Waals surface area contributed by atoms with Crippen molar-refractivity contribution in [3.8, 4) is 6.07 Å². The third-order valence-electron chi connectivity index (χ3n) is 3.36. The Kier molecular flexibility index (Phi) is 4.35. The van der Waals surface area contributed by atoms with E-state index in [4.69, 9.17) is 0 Å². The van der Waals surface area contributed by atoms with Gasteiger partial charge in [0, 0.05) is 13.1 Å². The zero-order valence-corrected chi connectivity index (χ0v) is 11.2. The number of nitrogens with zero attached hydrogens (tertiary/aromatic N) is 2. The summed E-state index contributed by atoms with van der Waals surface area (Å²) >= 11 is 0. The number of hydrogen-bond donors (Lipinski definition) is 1. The summed E-state index contributed by atoms with van der Waals surface area (Å²) < 4.78 is 0. The van der Waals surface area contributed by atoms with Crippen LogP contribution < -0.4 is 5.32 Å². The molecule has 18 heavy (non-hydrogen) atoms. The number of nitriles is 1. The Morgan fingerprint density at radius 3 is 2.50 bits per heavy atom.